The van der Waals surface area contributed by atoms with Gasteiger partial charge in [-0.05, 0) is 42.0 Å². The number of aryl methyl sites for hydroxylation is 1. The first kappa shape index (κ1) is 19.9. The Morgan fingerprint density at radius 1 is 1.19 bits per heavy atom. The zero-order chi connectivity index (χ0) is 19.4. The lowest BCUT2D eigenvalue weighted by molar-refractivity contribution is -0.122. The summed E-state index contributed by atoms with van der Waals surface area (Å²) in [4.78, 5) is 12.6. The van der Waals surface area contributed by atoms with Crippen LogP contribution >= 0.6 is 11.6 Å². The van der Waals surface area contributed by atoms with Crippen molar-refractivity contribution in [2.24, 2.45) is 0 Å². The molecule has 1 atom stereocenters. The molecule has 0 heterocycles. The maximum absolute atomic E-state index is 12.6. The molecule has 1 N–H and O–H groups in total. The Labute approximate surface area is 165 Å². The summed E-state index contributed by atoms with van der Waals surface area (Å²) in [6.07, 6.45) is 3.96. The molecule has 1 aliphatic rings. The minimum absolute atomic E-state index is 0.0627. The van der Waals surface area contributed by atoms with Gasteiger partial charge in [0.15, 0.2) is 0 Å². The van der Waals surface area contributed by atoms with Crippen LogP contribution in [0, 0.1) is 0 Å². The molecular weight excluding hydrogens is 384 g/mol. The molecule has 0 radical (unpaired) electrons. The highest BCUT2D eigenvalue weighted by Gasteiger charge is 2.25. The first-order valence-corrected chi connectivity index (χ1v) is 11.1. The van der Waals surface area contributed by atoms with E-state index in [2.05, 4.69) is 11.4 Å². The molecule has 7 heteroatoms. The summed E-state index contributed by atoms with van der Waals surface area (Å²) in [5, 5.41) is 3.48. The number of carbonyl (C=O) groups is 1. The predicted molar refractivity (Wildman–Crippen MR) is 107 cm³/mol. The number of fused-ring (bicyclic) bond motifs is 1. The van der Waals surface area contributed by atoms with Crippen molar-refractivity contribution < 1.29 is 13.2 Å². The fourth-order valence-corrected chi connectivity index (χ4v) is 4.33. The Morgan fingerprint density at radius 3 is 2.63 bits per heavy atom. The maximum atomic E-state index is 12.6. The summed E-state index contributed by atoms with van der Waals surface area (Å²) in [7, 11) is -3.56. The molecule has 1 amide bonds. The third-order valence-electron chi connectivity index (χ3n) is 4.80. The number of halogens is 1. The minimum atomic E-state index is -3.56. The Morgan fingerprint density at radius 2 is 1.89 bits per heavy atom. The second kappa shape index (κ2) is 8.42. The highest BCUT2D eigenvalue weighted by Crippen LogP contribution is 2.29. The minimum Gasteiger partial charge on any atom is -0.348 e. The molecule has 0 unspecified atom stereocenters. The summed E-state index contributed by atoms with van der Waals surface area (Å²) in [6.45, 7) is -0.171. The Bertz CT molecular complexity index is 930. The van der Waals surface area contributed by atoms with E-state index in [0.29, 0.717) is 10.6 Å². The van der Waals surface area contributed by atoms with Crippen LogP contribution in [0.5, 0.6) is 0 Å². The lowest BCUT2D eigenvalue weighted by Gasteiger charge is -2.27. The van der Waals surface area contributed by atoms with Crippen molar-refractivity contribution in [1.82, 2.24) is 9.62 Å². The van der Waals surface area contributed by atoms with Gasteiger partial charge in [0.2, 0.25) is 15.9 Å². The maximum Gasteiger partial charge on any atom is 0.235 e. The molecule has 2 aromatic carbocycles. The van der Waals surface area contributed by atoms with Crippen molar-refractivity contribution in [3.8, 4) is 0 Å². The van der Waals surface area contributed by atoms with Gasteiger partial charge in [-0.25, -0.2) is 8.42 Å². The standard InChI is InChI=1S/C20H23ClN2O3S/c1-27(25,26)23(13-16-8-3-5-11-18(16)21)14-20(24)22-19-12-6-9-15-7-2-4-10-17(15)19/h2-5,7-8,10-11,19H,6,9,12-14H2,1H3,(H,22,24)/t19-/m0/s1. The third kappa shape index (κ3) is 5.09. The van der Waals surface area contributed by atoms with Gasteiger partial charge in [-0.2, -0.15) is 4.31 Å². The van der Waals surface area contributed by atoms with E-state index in [-0.39, 0.29) is 25.0 Å². The van der Waals surface area contributed by atoms with E-state index in [9.17, 15) is 13.2 Å². The fourth-order valence-electron chi connectivity index (χ4n) is 3.41. The van der Waals surface area contributed by atoms with Crippen molar-refractivity contribution in [3.63, 3.8) is 0 Å². The molecule has 0 spiro atoms. The van der Waals surface area contributed by atoms with Crippen molar-refractivity contribution in [2.45, 2.75) is 31.8 Å². The van der Waals surface area contributed by atoms with Crippen LogP contribution in [0.25, 0.3) is 0 Å². The van der Waals surface area contributed by atoms with Gasteiger partial charge in [-0.1, -0.05) is 54.1 Å². The summed E-state index contributed by atoms with van der Waals surface area (Å²) in [5.74, 6) is -0.311. The highest BCUT2D eigenvalue weighted by molar-refractivity contribution is 7.88. The molecule has 0 saturated heterocycles. The number of amides is 1. The first-order chi connectivity index (χ1) is 12.8. The summed E-state index contributed by atoms with van der Waals surface area (Å²) in [5.41, 5.74) is 3.03. The van der Waals surface area contributed by atoms with Gasteiger partial charge in [-0.15, -0.1) is 0 Å². The normalized spacial score (nSPS) is 16.8. The topological polar surface area (TPSA) is 66.5 Å². The lowest BCUT2D eigenvalue weighted by atomic mass is 9.88. The van der Waals surface area contributed by atoms with E-state index in [4.69, 9.17) is 11.6 Å². The van der Waals surface area contributed by atoms with Crippen LogP contribution in [-0.2, 0) is 27.8 Å². The number of sulfonamides is 1. The zero-order valence-electron chi connectivity index (χ0n) is 15.2. The van der Waals surface area contributed by atoms with Crippen LogP contribution in [0.2, 0.25) is 5.02 Å². The predicted octanol–water partition coefficient (Wildman–Crippen LogP) is 3.30. The van der Waals surface area contributed by atoms with E-state index in [1.54, 1.807) is 24.3 Å². The first-order valence-electron chi connectivity index (χ1n) is 8.90. The number of nitrogens with one attached hydrogen (secondary N) is 1. The van der Waals surface area contributed by atoms with Crippen molar-refractivity contribution >= 4 is 27.5 Å². The quantitative estimate of drug-likeness (QED) is 0.800. The van der Waals surface area contributed by atoms with Crippen LogP contribution in [0.15, 0.2) is 48.5 Å². The second-order valence-electron chi connectivity index (χ2n) is 6.83. The largest absolute Gasteiger partial charge is 0.348 e. The van der Waals surface area contributed by atoms with Crippen LogP contribution < -0.4 is 5.32 Å². The summed E-state index contributed by atoms with van der Waals surface area (Å²) in [6, 6.07) is 15.0. The van der Waals surface area contributed by atoms with Gasteiger partial charge < -0.3 is 5.32 Å². The van der Waals surface area contributed by atoms with Gasteiger partial charge >= 0.3 is 0 Å². The molecule has 0 saturated carbocycles. The smallest absolute Gasteiger partial charge is 0.235 e. The fraction of sp³-hybridized carbons (Fsp3) is 0.350. The van der Waals surface area contributed by atoms with Gasteiger partial charge in [0, 0.05) is 11.6 Å². The molecule has 0 bridgehead atoms. The second-order valence-corrected chi connectivity index (χ2v) is 9.22. The van der Waals surface area contributed by atoms with E-state index >= 15 is 0 Å². The highest BCUT2D eigenvalue weighted by atomic mass is 35.5. The molecule has 1 aliphatic carbocycles. The molecule has 0 fully saturated rings. The molecule has 0 aromatic heterocycles. The number of carbonyl (C=O) groups excluding carboxylic acids is 1. The molecule has 3 rings (SSSR count). The van der Waals surface area contributed by atoms with Crippen LogP contribution in [0.1, 0.15) is 35.6 Å². The molecule has 5 nitrogen and oxygen atoms in total. The number of benzene rings is 2. The zero-order valence-corrected chi connectivity index (χ0v) is 16.8. The lowest BCUT2D eigenvalue weighted by Crippen LogP contribution is -2.41. The summed E-state index contributed by atoms with van der Waals surface area (Å²) < 4.78 is 25.5. The monoisotopic (exact) mass is 406 g/mol. The van der Waals surface area contributed by atoms with Gasteiger partial charge in [0.1, 0.15) is 0 Å². The van der Waals surface area contributed by atoms with Crippen molar-refractivity contribution in [1.29, 1.82) is 0 Å². The van der Waals surface area contributed by atoms with E-state index < -0.39 is 10.0 Å². The molecule has 27 heavy (non-hydrogen) atoms. The van der Waals surface area contributed by atoms with Gasteiger partial charge in [0.05, 0.1) is 18.8 Å². The van der Waals surface area contributed by atoms with E-state index in [1.807, 2.05) is 18.2 Å². The Balaban J connectivity index is 1.72. The average Bonchev–Trinajstić information content (AvgIpc) is 2.62. The molecule has 0 aliphatic heterocycles. The van der Waals surface area contributed by atoms with Gasteiger partial charge in [-0.3, -0.25) is 4.79 Å². The van der Waals surface area contributed by atoms with Gasteiger partial charge in [0.25, 0.3) is 0 Å². The number of hydrogen-bond acceptors (Lipinski definition) is 3. The SMILES string of the molecule is CS(=O)(=O)N(CC(=O)N[C@H]1CCCc2ccccc21)Cc1ccccc1Cl. The molecular formula is C20H23ClN2O3S. The van der Waals surface area contributed by atoms with Crippen molar-refractivity contribution in [2.75, 3.05) is 12.8 Å². The molecule has 2 aromatic rings. The average molecular weight is 407 g/mol. The van der Waals surface area contributed by atoms with E-state index in [0.717, 1.165) is 35.4 Å². The van der Waals surface area contributed by atoms with Crippen LogP contribution in [0.4, 0.5) is 0 Å². The summed E-state index contributed by atoms with van der Waals surface area (Å²) >= 11 is 6.14. The number of hydrogen-bond donors (Lipinski definition) is 1. The Hall–Kier alpha value is -1.89. The molecule has 144 valence electrons. The number of nitrogens with zero attached hydrogens (tertiary/aromatic N) is 1. The van der Waals surface area contributed by atoms with Crippen LogP contribution in [0.3, 0.4) is 0 Å². The van der Waals surface area contributed by atoms with E-state index in [1.165, 1.54) is 5.56 Å². The third-order valence-corrected chi connectivity index (χ3v) is 6.36. The van der Waals surface area contributed by atoms with Crippen LogP contribution in [-0.4, -0.2) is 31.4 Å². The number of rotatable bonds is 6. The Kier molecular flexibility index (Phi) is 6.19. The van der Waals surface area contributed by atoms with Crippen molar-refractivity contribution in [3.05, 3.63) is 70.2 Å².